The first kappa shape index (κ1) is 15.1. The molecule has 0 saturated carbocycles. The zero-order valence-corrected chi connectivity index (χ0v) is 12.3. The third kappa shape index (κ3) is 4.07. The number of carbonyl (C=O) groups excluding carboxylic acids is 2. The molecule has 0 unspecified atom stereocenters. The second-order valence-electron chi connectivity index (χ2n) is 4.54. The largest absolute Gasteiger partial charge is 0.344 e. The van der Waals surface area contributed by atoms with Crippen LogP contribution in [0, 0.1) is 6.92 Å². The minimum atomic E-state index is -0.739. The number of halogens is 1. The first-order valence-corrected chi connectivity index (χ1v) is 6.84. The van der Waals surface area contributed by atoms with Gasteiger partial charge in [-0.1, -0.05) is 48.0 Å². The van der Waals surface area contributed by atoms with Gasteiger partial charge in [-0.15, -0.1) is 0 Å². The standard InChI is InChI=1S/C16H15ClN2O2/c1-11-6-2-3-7-12(11)10-18-15(20)16(21)19-14-9-5-4-8-13(14)17/h2-9H,10H2,1H3,(H,18,20)(H,19,21). The quantitative estimate of drug-likeness (QED) is 0.857. The highest BCUT2D eigenvalue weighted by molar-refractivity contribution is 6.41. The van der Waals surface area contributed by atoms with Gasteiger partial charge in [0.05, 0.1) is 10.7 Å². The molecule has 0 aliphatic rings. The maximum absolute atomic E-state index is 11.8. The van der Waals surface area contributed by atoms with Gasteiger partial charge in [0.25, 0.3) is 0 Å². The van der Waals surface area contributed by atoms with Crippen LogP contribution in [0.2, 0.25) is 5.02 Å². The Hall–Kier alpha value is -2.33. The number of nitrogens with one attached hydrogen (secondary N) is 2. The van der Waals surface area contributed by atoms with Gasteiger partial charge < -0.3 is 10.6 Å². The third-order valence-corrected chi connectivity index (χ3v) is 3.36. The van der Waals surface area contributed by atoms with E-state index in [2.05, 4.69) is 10.6 Å². The fourth-order valence-electron chi connectivity index (χ4n) is 1.81. The third-order valence-electron chi connectivity index (χ3n) is 3.03. The lowest BCUT2D eigenvalue weighted by molar-refractivity contribution is -0.136. The summed E-state index contributed by atoms with van der Waals surface area (Å²) in [6.07, 6.45) is 0. The van der Waals surface area contributed by atoms with Gasteiger partial charge in [0, 0.05) is 6.54 Å². The zero-order valence-electron chi connectivity index (χ0n) is 11.5. The average Bonchev–Trinajstić information content (AvgIpc) is 2.48. The normalized spacial score (nSPS) is 10.0. The molecule has 0 aliphatic heterocycles. The van der Waals surface area contributed by atoms with Gasteiger partial charge in [0.2, 0.25) is 0 Å². The number of para-hydroxylation sites is 1. The van der Waals surface area contributed by atoms with Gasteiger partial charge in [-0.2, -0.15) is 0 Å². The molecule has 2 N–H and O–H groups in total. The Morgan fingerprint density at radius 3 is 2.38 bits per heavy atom. The first-order chi connectivity index (χ1) is 10.1. The Morgan fingerprint density at radius 2 is 1.67 bits per heavy atom. The van der Waals surface area contributed by atoms with E-state index in [1.54, 1.807) is 24.3 Å². The van der Waals surface area contributed by atoms with Crippen molar-refractivity contribution in [1.29, 1.82) is 0 Å². The smallest absolute Gasteiger partial charge is 0.313 e. The lowest BCUT2D eigenvalue weighted by Crippen LogP contribution is -2.35. The van der Waals surface area contributed by atoms with E-state index in [1.165, 1.54) is 0 Å². The van der Waals surface area contributed by atoms with Gasteiger partial charge >= 0.3 is 11.8 Å². The van der Waals surface area contributed by atoms with Crippen LogP contribution in [0.25, 0.3) is 0 Å². The van der Waals surface area contributed by atoms with Crippen LogP contribution in [0.1, 0.15) is 11.1 Å². The number of carbonyl (C=O) groups is 2. The fraction of sp³-hybridized carbons (Fsp3) is 0.125. The van der Waals surface area contributed by atoms with Crippen LogP contribution in [0.5, 0.6) is 0 Å². The van der Waals surface area contributed by atoms with Crippen molar-refractivity contribution in [3.63, 3.8) is 0 Å². The minimum Gasteiger partial charge on any atom is -0.344 e. The second-order valence-corrected chi connectivity index (χ2v) is 4.95. The molecule has 2 aromatic carbocycles. The van der Waals surface area contributed by atoms with Crippen LogP contribution in [0.4, 0.5) is 5.69 Å². The van der Waals surface area contributed by atoms with Crippen molar-refractivity contribution >= 4 is 29.1 Å². The van der Waals surface area contributed by atoms with E-state index in [1.807, 2.05) is 31.2 Å². The Bertz CT molecular complexity index is 671. The van der Waals surface area contributed by atoms with Crippen molar-refractivity contribution < 1.29 is 9.59 Å². The topological polar surface area (TPSA) is 58.2 Å². The average molecular weight is 303 g/mol. The molecule has 0 saturated heterocycles. The highest BCUT2D eigenvalue weighted by Crippen LogP contribution is 2.20. The lowest BCUT2D eigenvalue weighted by Gasteiger charge is -2.09. The van der Waals surface area contributed by atoms with Gasteiger partial charge in [-0.05, 0) is 30.2 Å². The molecule has 108 valence electrons. The van der Waals surface area contributed by atoms with E-state index in [9.17, 15) is 9.59 Å². The molecule has 5 heteroatoms. The molecule has 0 aromatic heterocycles. The number of hydrogen-bond donors (Lipinski definition) is 2. The van der Waals surface area contributed by atoms with E-state index in [0.717, 1.165) is 11.1 Å². The number of hydrogen-bond acceptors (Lipinski definition) is 2. The molecule has 2 amide bonds. The highest BCUT2D eigenvalue weighted by Gasteiger charge is 2.14. The summed E-state index contributed by atoms with van der Waals surface area (Å²) in [5.74, 6) is -1.44. The van der Waals surface area contributed by atoms with Crippen LogP contribution in [-0.2, 0) is 16.1 Å². The molecular weight excluding hydrogens is 288 g/mol. The molecule has 4 nitrogen and oxygen atoms in total. The molecule has 0 heterocycles. The number of benzene rings is 2. The van der Waals surface area contributed by atoms with Crippen LogP contribution >= 0.6 is 11.6 Å². The Morgan fingerprint density at radius 1 is 1.00 bits per heavy atom. The second kappa shape index (κ2) is 6.90. The van der Waals surface area contributed by atoms with Gasteiger partial charge in [0.15, 0.2) is 0 Å². The van der Waals surface area contributed by atoms with Gasteiger partial charge in [-0.25, -0.2) is 0 Å². The van der Waals surface area contributed by atoms with Crippen LogP contribution in [-0.4, -0.2) is 11.8 Å². The van der Waals surface area contributed by atoms with Crippen LogP contribution in [0.15, 0.2) is 48.5 Å². The molecular formula is C16H15ClN2O2. The summed E-state index contributed by atoms with van der Waals surface area (Å²) in [4.78, 5) is 23.6. The fourth-order valence-corrected chi connectivity index (χ4v) is 1.99. The lowest BCUT2D eigenvalue weighted by atomic mass is 10.1. The molecule has 2 aromatic rings. The van der Waals surface area contributed by atoms with E-state index < -0.39 is 11.8 Å². The van der Waals surface area contributed by atoms with Gasteiger partial charge in [-0.3, -0.25) is 9.59 Å². The molecule has 0 atom stereocenters. The predicted octanol–water partition coefficient (Wildman–Crippen LogP) is 2.90. The monoisotopic (exact) mass is 302 g/mol. The summed E-state index contributed by atoms with van der Waals surface area (Å²) >= 11 is 5.92. The van der Waals surface area contributed by atoms with Crippen molar-refractivity contribution in [1.82, 2.24) is 5.32 Å². The molecule has 0 fully saturated rings. The molecule has 0 aliphatic carbocycles. The SMILES string of the molecule is Cc1ccccc1CNC(=O)C(=O)Nc1ccccc1Cl. The number of anilines is 1. The molecule has 0 spiro atoms. The molecule has 21 heavy (non-hydrogen) atoms. The molecule has 0 radical (unpaired) electrons. The van der Waals surface area contributed by atoms with E-state index in [0.29, 0.717) is 17.3 Å². The minimum absolute atomic E-state index is 0.307. The van der Waals surface area contributed by atoms with E-state index >= 15 is 0 Å². The van der Waals surface area contributed by atoms with Crippen molar-refractivity contribution in [3.05, 3.63) is 64.7 Å². The van der Waals surface area contributed by atoms with Crippen molar-refractivity contribution in [2.45, 2.75) is 13.5 Å². The van der Waals surface area contributed by atoms with Crippen LogP contribution in [0.3, 0.4) is 0 Å². The summed E-state index contributed by atoms with van der Waals surface area (Å²) in [6, 6.07) is 14.4. The van der Waals surface area contributed by atoms with E-state index in [-0.39, 0.29) is 0 Å². The zero-order chi connectivity index (χ0) is 15.2. The van der Waals surface area contributed by atoms with Crippen molar-refractivity contribution in [2.75, 3.05) is 5.32 Å². The Labute approximate surface area is 128 Å². The number of aryl methyl sites for hydroxylation is 1. The summed E-state index contributed by atoms with van der Waals surface area (Å²) in [7, 11) is 0. The summed E-state index contributed by atoms with van der Waals surface area (Å²) in [5, 5.41) is 5.45. The Kier molecular flexibility index (Phi) is 4.95. The first-order valence-electron chi connectivity index (χ1n) is 6.46. The number of amides is 2. The molecule has 0 bridgehead atoms. The maximum Gasteiger partial charge on any atom is 0.313 e. The van der Waals surface area contributed by atoms with Crippen LogP contribution < -0.4 is 10.6 Å². The summed E-state index contributed by atoms with van der Waals surface area (Å²) in [5.41, 5.74) is 2.44. The predicted molar refractivity (Wildman–Crippen MR) is 83.1 cm³/mol. The van der Waals surface area contributed by atoms with Crippen molar-refractivity contribution in [2.24, 2.45) is 0 Å². The highest BCUT2D eigenvalue weighted by atomic mass is 35.5. The Balaban J connectivity index is 1.93. The van der Waals surface area contributed by atoms with E-state index in [4.69, 9.17) is 11.6 Å². The maximum atomic E-state index is 11.8. The summed E-state index contributed by atoms with van der Waals surface area (Å²) < 4.78 is 0. The summed E-state index contributed by atoms with van der Waals surface area (Å²) in [6.45, 7) is 2.26. The van der Waals surface area contributed by atoms with Crippen molar-refractivity contribution in [3.8, 4) is 0 Å². The number of rotatable bonds is 3. The molecule has 2 rings (SSSR count). The van der Waals surface area contributed by atoms with Gasteiger partial charge in [0.1, 0.15) is 0 Å².